The molecule has 0 radical (unpaired) electrons. The number of halogens is 2. The van der Waals surface area contributed by atoms with E-state index in [4.69, 9.17) is 11.6 Å². The summed E-state index contributed by atoms with van der Waals surface area (Å²) < 4.78 is 0.899. The van der Waals surface area contributed by atoms with Crippen molar-refractivity contribution in [2.75, 3.05) is 0 Å². The summed E-state index contributed by atoms with van der Waals surface area (Å²) in [6.07, 6.45) is 1.68. The molecule has 1 heterocycles. The van der Waals surface area contributed by atoms with Crippen molar-refractivity contribution < 1.29 is 0 Å². The van der Waals surface area contributed by atoms with Crippen LogP contribution in [0.4, 0.5) is 0 Å². The molecule has 0 unspecified atom stereocenters. The first-order chi connectivity index (χ1) is 9.70. The average molecular weight is 344 g/mol. The van der Waals surface area contributed by atoms with Gasteiger partial charge in [0.15, 0.2) is 0 Å². The van der Waals surface area contributed by atoms with Crippen LogP contribution >= 0.6 is 27.5 Å². The molecule has 0 atom stereocenters. The van der Waals surface area contributed by atoms with Crippen molar-refractivity contribution in [1.29, 1.82) is 5.26 Å². The highest BCUT2D eigenvalue weighted by Crippen LogP contribution is 2.34. The maximum absolute atomic E-state index is 9.26. The van der Waals surface area contributed by atoms with Crippen molar-refractivity contribution >= 4 is 38.3 Å². The van der Waals surface area contributed by atoms with Gasteiger partial charge >= 0.3 is 0 Å². The summed E-state index contributed by atoms with van der Waals surface area (Å²) in [4.78, 5) is 4.06. The molecule has 4 heteroatoms. The highest BCUT2D eigenvalue weighted by atomic mass is 79.9. The number of nitrogens with zero attached hydrogens (tertiary/aromatic N) is 2. The Hall–Kier alpha value is -1.89. The molecule has 3 aromatic rings. The van der Waals surface area contributed by atoms with Gasteiger partial charge in [0.25, 0.3) is 0 Å². The Labute approximate surface area is 129 Å². The van der Waals surface area contributed by atoms with Crippen LogP contribution in [0.1, 0.15) is 5.56 Å². The molecule has 96 valence electrons. The van der Waals surface area contributed by atoms with Crippen LogP contribution in [0.3, 0.4) is 0 Å². The molecule has 0 aliphatic rings. The second kappa shape index (κ2) is 5.24. The van der Waals surface area contributed by atoms with Crippen molar-refractivity contribution in [3.8, 4) is 17.2 Å². The Morgan fingerprint density at radius 2 is 2.00 bits per heavy atom. The molecule has 1 aromatic heterocycles. The number of rotatable bonds is 1. The zero-order valence-electron chi connectivity index (χ0n) is 10.3. The molecule has 3 rings (SSSR count). The van der Waals surface area contributed by atoms with Gasteiger partial charge in [-0.05, 0) is 35.2 Å². The van der Waals surface area contributed by atoms with E-state index < -0.39 is 0 Å². The van der Waals surface area contributed by atoms with Crippen LogP contribution < -0.4 is 0 Å². The van der Waals surface area contributed by atoms with Crippen molar-refractivity contribution in [3.63, 3.8) is 0 Å². The van der Waals surface area contributed by atoms with Crippen LogP contribution in [0.2, 0.25) is 5.15 Å². The molecule has 0 saturated heterocycles. The summed E-state index contributed by atoms with van der Waals surface area (Å²) >= 11 is 9.59. The molecule has 0 N–H and O–H groups in total. The van der Waals surface area contributed by atoms with Gasteiger partial charge < -0.3 is 0 Å². The third kappa shape index (κ3) is 2.18. The quantitative estimate of drug-likeness (QED) is 0.570. The van der Waals surface area contributed by atoms with Crippen LogP contribution in [0.5, 0.6) is 0 Å². The fourth-order valence-electron chi connectivity index (χ4n) is 2.21. The van der Waals surface area contributed by atoms with E-state index in [-0.39, 0.29) is 0 Å². The van der Waals surface area contributed by atoms with E-state index in [1.54, 1.807) is 6.20 Å². The molecular formula is C16H8BrClN2. The van der Waals surface area contributed by atoms with Gasteiger partial charge in [0, 0.05) is 21.6 Å². The maximum Gasteiger partial charge on any atom is 0.136 e. The van der Waals surface area contributed by atoms with Crippen molar-refractivity contribution in [1.82, 2.24) is 4.98 Å². The first-order valence-electron chi connectivity index (χ1n) is 5.94. The highest BCUT2D eigenvalue weighted by Gasteiger charge is 2.10. The minimum atomic E-state index is 0.488. The summed E-state index contributed by atoms with van der Waals surface area (Å²) in [7, 11) is 0. The third-order valence-corrected chi connectivity index (χ3v) is 4.10. The van der Waals surface area contributed by atoms with Crippen LogP contribution in [0, 0.1) is 11.3 Å². The van der Waals surface area contributed by atoms with Crippen LogP contribution in [0.15, 0.2) is 53.1 Å². The van der Waals surface area contributed by atoms with E-state index in [0.717, 1.165) is 26.4 Å². The summed E-state index contributed by atoms with van der Waals surface area (Å²) in [5.41, 5.74) is 2.51. The van der Waals surface area contributed by atoms with Crippen LogP contribution in [-0.4, -0.2) is 4.98 Å². The molecule has 2 nitrogen and oxygen atoms in total. The summed E-state index contributed by atoms with van der Waals surface area (Å²) in [5.74, 6) is 0. The second-order valence-electron chi connectivity index (χ2n) is 4.31. The predicted molar refractivity (Wildman–Crippen MR) is 84.6 cm³/mol. The minimum absolute atomic E-state index is 0.488. The molecule has 0 bridgehead atoms. The first-order valence-corrected chi connectivity index (χ1v) is 7.11. The highest BCUT2D eigenvalue weighted by molar-refractivity contribution is 9.10. The van der Waals surface area contributed by atoms with Gasteiger partial charge in [0.1, 0.15) is 5.15 Å². The number of nitriles is 1. The molecular weight excluding hydrogens is 336 g/mol. The second-order valence-corrected chi connectivity index (χ2v) is 5.52. The van der Waals surface area contributed by atoms with E-state index in [2.05, 4.69) is 27.0 Å². The van der Waals surface area contributed by atoms with Crippen molar-refractivity contribution in [2.45, 2.75) is 0 Å². The molecule has 0 spiro atoms. The smallest absolute Gasteiger partial charge is 0.136 e. The van der Waals surface area contributed by atoms with E-state index in [1.807, 2.05) is 42.5 Å². The van der Waals surface area contributed by atoms with E-state index in [0.29, 0.717) is 10.7 Å². The van der Waals surface area contributed by atoms with Gasteiger partial charge in [0.05, 0.1) is 11.6 Å². The van der Waals surface area contributed by atoms with Gasteiger partial charge in [-0.25, -0.2) is 4.98 Å². The van der Waals surface area contributed by atoms with Gasteiger partial charge in [-0.2, -0.15) is 5.26 Å². The number of aromatic nitrogens is 1. The van der Waals surface area contributed by atoms with Gasteiger partial charge in [-0.3, -0.25) is 0 Å². The van der Waals surface area contributed by atoms with Gasteiger partial charge in [-0.1, -0.05) is 45.7 Å². The Kier molecular flexibility index (Phi) is 3.43. The van der Waals surface area contributed by atoms with E-state index in [9.17, 15) is 5.26 Å². The SMILES string of the molecule is N#Cc1cccc(Br)c1-c1ccc2c(Cl)nccc2c1. The Morgan fingerprint density at radius 3 is 2.80 bits per heavy atom. The first kappa shape index (κ1) is 13.1. The lowest BCUT2D eigenvalue weighted by Gasteiger charge is -2.09. The molecule has 0 saturated carbocycles. The summed E-state index contributed by atoms with van der Waals surface area (Å²) in [6.45, 7) is 0. The van der Waals surface area contributed by atoms with Crippen molar-refractivity contribution in [2.24, 2.45) is 0 Å². The lowest BCUT2D eigenvalue weighted by molar-refractivity contribution is 1.36. The molecule has 0 fully saturated rings. The average Bonchev–Trinajstić information content (AvgIpc) is 2.47. The number of hydrogen-bond acceptors (Lipinski definition) is 2. The fraction of sp³-hybridized carbons (Fsp3) is 0. The number of benzene rings is 2. The topological polar surface area (TPSA) is 36.7 Å². The third-order valence-electron chi connectivity index (χ3n) is 3.14. The van der Waals surface area contributed by atoms with E-state index in [1.165, 1.54) is 0 Å². The largest absolute Gasteiger partial charge is 0.244 e. The molecule has 2 aromatic carbocycles. The van der Waals surface area contributed by atoms with Gasteiger partial charge in [-0.15, -0.1) is 0 Å². The van der Waals surface area contributed by atoms with Crippen molar-refractivity contribution in [3.05, 3.63) is 63.9 Å². The Morgan fingerprint density at radius 1 is 1.15 bits per heavy atom. The number of fused-ring (bicyclic) bond motifs is 1. The summed E-state index contributed by atoms with van der Waals surface area (Å²) in [5, 5.41) is 11.7. The molecule has 20 heavy (non-hydrogen) atoms. The maximum atomic E-state index is 9.26. The molecule has 0 amide bonds. The zero-order chi connectivity index (χ0) is 14.1. The normalized spacial score (nSPS) is 10.4. The molecule has 0 aliphatic heterocycles. The number of pyridine rings is 1. The fourth-order valence-corrected chi connectivity index (χ4v) is 3.03. The number of hydrogen-bond donors (Lipinski definition) is 0. The van der Waals surface area contributed by atoms with Crippen LogP contribution in [-0.2, 0) is 0 Å². The van der Waals surface area contributed by atoms with Crippen LogP contribution in [0.25, 0.3) is 21.9 Å². The van der Waals surface area contributed by atoms with Gasteiger partial charge in [0.2, 0.25) is 0 Å². The Balaban J connectivity index is 2.29. The lowest BCUT2D eigenvalue weighted by Crippen LogP contribution is -1.87. The van der Waals surface area contributed by atoms with E-state index >= 15 is 0 Å². The monoisotopic (exact) mass is 342 g/mol. The minimum Gasteiger partial charge on any atom is -0.244 e. The predicted octanol–water partition coefficient (Wildman–Crippen LogP) is 5.19. The standard InChI is InChI=1S/C16H8BrClN2/c17-14-3-1-2-12(9-19)15(14)11-4-5-13-10(8-11)6-7-20-16(13)18/h1-8H. The zero-order valence-corrected chi connectivity index (χ0v) is 12.6. The Bertz CT molecular complexity index is 853. The summed E-state index contributed by atoms with van der Waals surface area (Å²) in [6, 6.07) is 15.6. The molecule has 0 aliphatic carbocycles. The lowest BCUT2D eigenvalue weighted by atomic mass is 9.98.